The first kappa shape index (κ1) is 12.5. The summed E-state index contributed by atoms with van der Waals surface area (Å²) in [5.41, 5.74) is 6.75. The van der Waals surface area contributed by atoms with Crippen molar-refractivity contribution < 1.29 is 4.79 Å². The number of aromatic nitrogens is 1. The Morgan fingerprint density at radius 1 is 1.21 bits per heavy atom. The number of amides is 1. The Bertz CT molecular complexity index is 455. The van der Waals surface area contributed by atoms with Crippen molar-refractivity contribution in [3.05, 3.63) is 24.0 Å². The van der Waals surface area contributed by atoms with Gasteiger partial charge in [-0.15, -0.1) is 0 Å². The molecule has 1 saturated heterocycles. The van der Waals surface area contributed by atoms with Crippen LogP contribution in [0.15, 0.2) is 18.3 Å². The maximum atomic E-state index is 12.6. The Labute approximate surface area is 114 Å². The van der Waals surface area contributed by atoms with Gasteiger partial charge in [-0.3, -0.25) is 4.79 Å². The van der Waals surface area contributed by atoms with Gasteiger partial charge in [-0.25, -0.2) is 4.98 Å². The molecule has 1 aromatic rings. The number of hydrogen-bond acceptors (Lipinski definition) is 3. The van der Waals surface area contributed by atoms with Crippen LogP contribution in [0.25, 0.3) is 0 Å². The third-order valence-electron chi connectivity index (χ3n) is 4.51. The fourth-order valence-corrected chi connectivity index (χ4v) is 3.56. The standard InChI is InChI=1S/C15H21N3O/c16-12-7-8-13(17-10-12)15(19)18-9-3-5-11-4-1-2-6-14(11)18/h7-8,10-11,14H,1-6,9,16H2. The van der Waals surface area contributed by atoms with Gasteiger partial charge in [-0.1, -0.05) is 12.8 Å². The van der Waals surface area contributed by atoms with Crippen LogP contribution in [0.2, 0.25) is 0 Å². The van der Waals surface area contributed by atoms with Gasteiger partial charge in [0.05, 0.1) is 11.9 Å². The van der Waals surface area contributed by atoms with Crippen molar-refractivity contribution in [3.8, 4) is 0 Å². The molecule has 4 nitrogen and oxygen atoms in total. The Morgan fingerprint density at radius 3 is 2.79 bits per heavy atom. The third-order valence-corrected chi connectivity index (χ3v) is 4.51. The van der Waals surface area contributed by atoms with Crippen LogP contribution in [-0.4, -0.2) is 28.4 Å². The largest absolute Gasteiger partial charge is 0.397 e. The van der Waals surface area contributed by atoms with Crippen molar-refractivity contribution in [1.82, 2.24) is 9.88 Å². The van der Waals surface area contributed by atoms with Crippen molar-refractivity contribution >= 4 is 11.6 Å². The quantitative estimate of drug-likeness (QED) is 0.842. The maximum Gasteiger partial charge on any atom is 0.272 e. The molecule has 2 atom stereocenters. The van der Waals surface area contributed by atoms with Gasteiger partial charge in [0.25, 0.3) is 5.91 Å². The molecular weight excluding hydrogens is 238 g/mol. The summed E-state index contributed by atoms with van der Waals surface area (Å²) < 4.78 is 0. The predicted molar refractivity (Wildman–Crippen MR) is 74.7 cm³/mol. The molecule has 4 heteroatoms. The number of piperidine rings is 1. The number of anilines is 1. The SMILES string of the molecule is Nc1ccc(C(=O)N2CCCC3CCCCC32)nc1. The van der Waals surface area contributed by atoms with Gasteiger partial charge < -0.3 is 10.6 Å². The highest BCUT2D eigenvalue weighted by atomic mass is 16.2. The molecule has 2 fully saturated rings. The second-order valence-corrected chi connectivity index (χ2v) is 5.73. The summed E-state index contributed by atoms with van der Waals surface area (Å²) in [7, 11) is 0. The minimum atomic E-state index is 0.0802. The monoisotopic (exact) mass is 259 g/mol. The zero-order chi connectivity index (χ0) is 13.2. The molecular formula is C15H21N3O. The van der Waals surface area contributed by atoms with Crippen molar-refractivity contribution in [2.75, 3.05) is 12.3 Å². The Hall–Kier alpha value is -1.58. The van der Waals surface area contributed by atoms with Crippen molar-refractivity contribution in [3.63, 3.8) is 0 Å². The highest BCUT2D eigenvalue weighted by Gasteiger charge is 2.36. The summed E-state index contributed by atoms with van der Waals surface area (Å²) in [4.78, 5) is 18.8. The first-order chi connectivity index (χ1) is 9.25. The van der Waals surface area contributed by atoms with Gasteiger partial charge in [-0.2, -0.15) is 0 Å². The molecule has 1 amide bonds. The van der Waals surface area contributed by atoms with Crippen LogP contribution in [0.5, 0.6) is 0 Å². The Morgan fingerprint density at radius 2 is 2.00 bits per heavy atom. The van der Waals surface area contributed by atoms with Crippen LogP contribution in [-0.2, 0) is 0 Å². The number of nitrogens with two attached hydrogens (primary N) is 1. The van der Waals surface area contributed by atoms with Crippen LogP contribution in [0.1, 0.15) is 49.0 Å². The van der Waals surface area contributed by atoms with E-state index in [0.29, 0.717) is 23.3 Å². The fraction of sp³-hybridized carbons (Fsp3) is 0.600. The van der Waals surface area contributed by atoms with E-state index in [1.54, 1.807) is 18.3 Å². The molecule has 0 radical (unpaired) electrons. The number of hydrogen-bond donors (Lipinski definition) is 1. The van der Waals surface area contributed by atoms with E-state index in [1.165, 1.54) is 25.7 Å². The lowest BCUT2D eigenvalue weighted by Crippen LogP contribution is -2.49. The number of rotatable bonds is 1. The molecule has 1 aromatic heterocycles. The lowest BCUT2D eigenvalue weighted by atomic mass is 9.78. The molecule has 0 aromatic carbocycles. The molecule has 2 unspecified atom stereocenters. The average molecular weight is 259 g/mol. The number of fused-ring (bicyclic) bond motifs is 1. The smallest absolute Gasteiger partial charge is 0.272 e. The maximum absolute atomic E-state index is 12.6. The van der Waals surface area contributed by atoms with Gasteiger partial charge in [-0.05, 0) is 43.7 Å². The van der Waals surface area contributed by atoms with Crippen molar-refractivity contribution in [2.24, 2.45) is 5.92 Å². The number of carbonyl (C=O) groups is 1. The molecule has 1 aliphatic heterocycles. The Kier molecular flexibility index (Phi) is 3.40. The highest BCUT2D eigenvalue weighted by Crippen LogP contribution is 2.35. The topological polar surface area (TPSA) is 59.2 Å². The molecule has 2 aliphatic rings. The van der Waals surface area contributed by atoms with E-state index in [9.17, 15) is 4.79 Å². The lowest BCUT2D eigenvalue weighted by molar-refractivity contribution is 0.0385. The number of carbonyl (C=O) groups excluding carboxylic acids is 1. The predicted octanol–water partition coefficient (Wildman–Crippen LogP) is 2.46. The van der Waals surface area contributed by atoms with Crippen LogP contribution < -0.4 is 5.73 Å². The van der Waals surface area contributed by atoms with Crippen LogP contribution >= 0.6 is 0 Å². The second kappa shape index (κ2) is 5.19. The molecule has 0 bridgehead atoms. The molecule has 1 aliphatic carbocycles. The average Bonchev–Trinajstić information content (AvgIpc) is 2.47. The van der Waals surface area contributed by atoms with Gasteiger partial charge in [0.15, 0.2) is 0 Å². The van der Waals surface area contributed by atoms with Crippen LogP contribution in [0.4, 0.5) is 5.69 Å². The van der Waals surface area contributed by atoms with E-state index < -0.39 is 0 Å². The zero-order valence-electron chi connectivity index (χ0n) is 11.2. The van der Waals surface area contributed by atoms with Gasteiger partial charge in [0.2, 0.25) is 0 Å². The first-order valence-electron chi connectivity index (χ1n) is 7.28. The highest BCUT2D eigenvalue weighted by molar-refractivity contribution is 5.92. The summed E-state index contributed by atoms with van der Waals surface area (Å²) in [6, 6.07) is 3.93. The van der Waals surface area contributed by atoms with E-state index in [4.69, 9.17) is 5.73 Å². The minimum absolute atomic E-state index is 0.0802. The van der Waals surface area contributed by atoms with E-state index in [-0.39, 0.29) is 5.91 Å². The number of nitrogens with zero attached hydrogens (tertiary/aromatic N) is 2. The van der Waals surface area contributed by atoms with Crippen molar-refractivity contribution in [2.45, 2.75) is 44.6 Å². The van der Waals surface area contributed by atoms with Gasteiger partial charge in [0, 0.05) is 12.6 Å². The summed E-state index contributed by atoms with van der Waals surface area (Å²) in [6.07, 6.45) is 8.99. The molecule has 1 saturated carbocycles. The Balaban J connectivity index is 1.79. The summed E-state index contributed by atoms with van der Waals surface area (Å²) in [6.45, 7) is 0.881. The first-order valence-corrected chi connectivity index (χ1v) is 7.28. The molecule has 0 spiro atoms. The summed E-state index contributed by atoms with van der Waals surface area (Å²) in [5.74, 6) is 0.789. The molecule has 2 N–H and O–H groups in total. The zero-order valence-corrected chi connectivity index (χ0v) is 11.2. The van der Waals surface area contributed by atoms with Gasteiger partial charge in [0.1, 0.15) is 5.69 Å². The van der Waals surface area contributed by atoms with E-state index in [2.05, 4.69) is 9.88 Å². The second-order valence-electron chi connectivity index (χ2n) is 5.73. The lowest BCUT2D eigenvalue weighted by Gasteiger charge is -2.44. The number of nitrogen functional groups attached to an aromatic ring is 1. The number of pyridine rings is 1. The summed E-state index contributed by atoms with van der Waals surface area (Å²) >= 11 is 0. The van der Waals surface area contributed by atoms with E-state index >= 15 is 0 Å². The van der Waals surface area contributed by atoms with Crippen LogP contribution in [0, 0.1) is 5.92 Å². The van der Waals surface area contributed by atoms with Gasteiger partial charge >= 0.3 is 0 Å². The minimum Gasteiger partial charge on any atom is -0.397 e. The summed E-state index contributed by atoms with van der Waals surface area (Å²) in [5, 5.41) is 0. The fourth-order valence-electron chi connectivity index (χ4n) is 3.56. The molecule has 2 heterocycles. The molecule has 19 heavy (non-hydrogen) atoms. The van der Waals surface area contributed by atoms with Crippen molar-refractivity contribution in [1.29, 1.82) is 0 Å². The van der Waals surface area contributed by atoms with Crippen LogP contribution in [0.3, 0.4) is 0 Å². The normalized spacial score (nSPS) is 26.8. The van der Waals surface area contributed by atoms with E-state index in [1.807, 2.05) is 0 Å². The molecule has 102 valence electrons. The number of likely N-dealkylation sites (tertiary alicyclic amines) is 1. The molecule has 3 rings (SSSR count). The van der Waals surface area contributed by atoms with E-state index in [0.717, 1.165) is 19.4 Å². The third kappa shape index (κ3) is 2.44.